The maximum absolute atomic E-state index is 11.5. The molecule has 0 saturated heterocycles. The van der Waals surface area contributed by atoms with Gasteiger partial charge in [-0.1, -0.05) is 0 Å². The zero-order chi connectivity index (χ0) is 9.42. The lowest BCUT2D eigenvalue weighted by Gasteiger charge is -2.09. The Labute approximate surface area is 77.0 Å². The average molecular weight is 174 g/mol. The summed E-state index contributed by atoms with van der Waals surface area (Å²) in [4.78, 5) is 11.5. The topological polar surface area (TPSA) is 64.7 Å². The van der Waals surface area contributed by atoms with Crippen LogP contribution in [-0.4, -0.2) is 5.78 Å². The van der Waals surface area contributed by atoms with Crippen LogP contribution in [0.25, 0.3) is 0 Å². The molecule has 0 N–H and O–H groups in total. The molecule has 0 aliphatic heterocycles. The summed E-state index contributed by atoms with van der Waals surface area (Å²) in [6, 6.07) is 3.49. The Morgan fingerprint density at radius 2 is 1.69 bits per heavy atom. The van der Waals surface area contributed by atoms with Crippen LogP contribution in [0.15, 0.2) is 0 Å². The van der Waals surface area contributed by atoms with Gasteiger partial charge >= 0.3 is 0 Å². The van der Waals surface area contributed by atoms with Crippen molar-refractivity contribution in [2.75, 3.05) is 0 Å². The van der Waals surface area contributed by atoms with E-state index in [4.69, 9.17) is 10.5 Å². The van der Waals surface area contributed by atoms with Crippen LogP contribution >= 0.6 is 0 Å². The highest BCUT2D eigenvalue weighted by Gasteiger charge is 2.48. The maximum atomic E-state index is 11.5. The predicted molar refractivity (Wildman–Crippen MR) is 44.0 cm³/mol. The van der Waals surface area contributed by atoms with Crippen molar-refractivity contribution < 1.29 is 4.79 Å². The summed E-state index contributed by atoms with van der Waals surface area (Å²) < 4.78 is 0. The first-order valence-corrected chi connectivity index (χ1v) is 4.59. The zero-order valence-electron chi connectivity index (χ0n) is 7.23. The van der Waals surface area contributed by atoms with E-state index < -0.39 is 5.92 Å². The lowest BCUT2D eigenvalue weighted by molar-refractivity contribution is -0.123. The fraction of sp³-hybridized carbons (Fsp3) is 0.700. The molecular weight excluding hydrogens is 164 g/mol. The number of hydrogen-bond donors (Lipinski definition) is 0. The first-order chi connectivity index (χ1) is 6.26. The number of nitriles is 2. The molecule has 0 aromatic carbocycles. The van der Waals surface area contributed by atoms with E-state index in [0.717, 1.165) is 24.7 Å². The fourth-order valence-corrected chi connectivity index (χ4v) is 2.34. The molecule has 2 saturated carbocycles. The standard InChI is InChI=1S/C10H10N2O/c11-4-9(5-12)10(13)8-2-6-1-7(6)3-8/h6-9H,1-3H2. The number of fused-ring (bicyclic) bond motifs is 1. The number of nitrogens with zero attached hydrogens (tertiary/aromatic N) is 2. The van der Waals surface area contributed by atoms with Crippen molar-refractivity contribution >= 4 is 5.78 Å². The van der Waals surface area contributed by atoms with Gasteiger partial charge in [-0.25, -0.2) is 0 Å². The second-order valence-electron chi connectivity index (χ2n) is 4.02. The van der Waals surface area contributed by atoms with Crippen LogP contribution in [0.5, 0.6) is 0 Å². The Kier molecular flexibility index (Phi) is 1.81. The maximum Gasteiger partial charge on any atom is 0.191 e. The summed E-state index contributed by atoms with van der Waals surface area (Å²) in [5, 5.41) is 17.1. The number of rotatable bonds is 2. The van der Waals surface area contributed by atoms with Crippen LogP contribution in [0.2, 0.25) is 0 Å². The summed E-state index contributed by atoms with van der Waals surface area (Å²) in [6.07, 6.45) is 3.10. The van der Waals surface area contributed by atoms with Gasteiger partial charge in [-0.15, -0.1) is 0 Å². The van der Waals surface area contributed by atoms with Crippen molar-refractivity contribution in [3.8, 4) is 12.1 Å². The largest absolute Gasteiger partial charge is 0.297 e. The molecule has 2 aliphatic rings. The second kappa shape index (κ2) is 2.85. The quantitative estimate of drug-likeness (QED) is 0.633. The molecule has 2 fully saturated rings. The van der Waals surface area contributed by atoms with E-state index >= 15 is 0 Å². The van der Waals surface area contributed by atoms with Crippen molar-refractivity contribution in [3.63, 3.8) is 0 Å². The van der Waals surface area contributed by atoms with Gasteiger partial charge in [0, 0.05) is 5.92 Å². The Hall–Kier alpha value is -1.35. The molecule has 0 bridgehead atoms. The lowest BCUT2D eigenvalue weighted by Crippen LogP contribution is -2.20. The third-order valence-electron chi connectivity index (χ3n) is 3.19. The minimum absolute atomic E-state index is 0.00745. The third kappa shape index (κ3) is 1.31. The molecule has 13 heavy (non-hydrogen) atoms. The predicted octanol–water partition coefficient (Wildman–Crippen LogP) is 1.26. The first-order valence-electron chi connectivity index (χ1n) is 4.59. The Bertz CT molecular complexity index is 299. The van der Waals surface area contributed by atoms with Gasteiger partial charge < -0.3 is 0 Å². The summed E-state index contributed by atoms with van der Waals surface area (Å²) in [6.45, 7) is 0. The van der Waals surface area contributed by atoms with Crippen LogP contribution in [0.1, 0.15) is 19.3 Å². The van der Waals surface area contributed by atoms with Gasteiger partial charge in [0.2, 0.25) is 0 Å². The van der Waals surface area contributed by atoms with Crippen LogP contribution < -0.4 is 0 Å². The van der Waals surface area contributed by atoms with Gasteiger partial charge in [0.05, 0.1) is 12.1 Å². The minimum Gasteiger partial charge on any atom is -0.297 e. The van der Waals surface area contributed by atoms with Gasteiger partial charge in [-0.05, 0) is 31.1 Å². The van der Waals surface area contributed by atoms with Gasteiger partial charge in [-0.3, -0.25) is 4.79 Å². The van der Waals surface area contributed by atoms with Gasteiger partial charge in [0.15, 0.2) is 11.7 Å². The van der Waals surface area contributed by atoms with Crippen molar-refractivity contribution in [2.45, 2.75) is 19.3 Å². The Morgan fingerprint density at radius 1 is 1.15 bits per heavy atom. The number of hydrogen-bond acceptors (Lipinski definition) is 3. The van der Waals surface area contributed by atoms with E-state index in [1.54, 1.807) is 12.1 Å². The molecule has 0 amide bonds. The molecule has 2 atom stereocenters. The van der Waals surface area contributed by atoms with E-state index in [1.807, 2.05) is 0 Å². The smallest absolute Gasteiger partial charge is 0.191 e. The molecule has 2 unspecified atom stereocenters. The molecule has 0 radical (unpaired) electrons. The van der Waals surface area contributed by atoms with E-state index in [0.29, 0.717) is 0 Å². The van der Waals surface area contributed by atoms with Crippen molar-refractivity contribution in [2.24, 2.45) is 23.7 Å². The Balaban J connectivity index is 1.98. The summed E-state index contributed by atoms with van der Waals surface area (Å²) in [5.41, 5.74) is 0. The highest BCUT2D eigenvalue weighted by atomic mass is 16.1. The number of carbonyl (C=O) groups is 1. The highest BCUT2D eigenvalue weighted by Crippen LogP contribution is 2.54. The summed E-state index contributed by atoms with van der Waals surface area (Å²) in [7, 11) is 0. The molecule has 0 aromatic heterocycles. The zero-order valence-corrected chi connectivity index (χ0v) is 7.23. The van der Waals surface area contributed by atoms with Crippen LogP contribution in [-0.2, 0) is 4.79 Å². The molecule has 0 heterocycles. The Morgan fingerprint density at radius 3 is 2.15 bits per heavy atom. The number of Topliss-reactive ketones (excluding diaryl/α,β-unsaturated/α-hetero) is 1. The fourth-order valence-electron chi connectivity index (χ4n) is 2.34. The SMILES string of the molecule is N#CC(C#N)C(=O)C1CC2CC2C1. The molecule has 2 aliphatic carbocycles. The minimum atomic E-state index is -1.03. The average Bonchev–Trinajstić information content (AvgIpc) is 2.75. The molecule has 0 spiro atoms. The summed E-state index contributed by atoms with van der Waals surface area (Å²) >= 11 is 0. The van der Waals surface area contributed by atoms with Crippen molar-refractivity contribution in [3.05, 3.63) is 0 Å². The van der Waals surface area contributed by atoms with Gasteiger partial charge in [0.1, 0.15) is 0 Å². The molecule has 0 aromatic rings. The normalized spacial score (nSPS) is 34.8. The molecule has 2 rings (SSSR count). The molecular formula is C10H10N2O. The summed E-state index contributed by atoms with van der Waals surface area (Å²) in [5.74, 6) is 0.298. The van der Waals surface area contributed by atoms with Crippen molar-refractivity contribution in [1.82, 2.24) is 0 Å². The molecule has 3 heteroatoms. The van der Waals surface area contributed by atoms with Crippen LogP contribution in [0.3, 0.4) is 0 Å². The van der Waals surface area contributed by atoms with Crippen LogP contribution in [0.4, 0.5) is 0 Å². The molecule has 66 valence electrons. The van der Waals surface area contributed by atoms with Gasteiger partial charge in [-0.2, -0.15) is 10.5 Å². The number of ketones is 1. The second-order valence-corrected chi connectivity index (χ2v) is 4.02. The highest BCUT2D eigenvalue weighted by molar-refractivity contribution is 5.88. The number of carbonyl (C=O) groups excluding carboxylic acids is 1. The van der Waals surface area contributed by atoms with E-state index in [9.17, 15) is 4.79 Å². The van der Waals surface area contributed by atoms with E-state index in [-0.39, 0.29) is 11.7 Å². The third-order valence-corrected chi connectivity index (χ3v) is 3.19. The van der Waals surface area contributed by atoms with Crippen molar-refractivity contribution in [1.29, 1.82) is 10.5 Å². The van der Waals surface area contributed by atoms with Gasteiger partial charge in [0.25, 0.3) is 0 Å². The van der Waals surface area contributed by atoms with E-state index in [2.05, 4.69) is 0 Å². The monoisotopic (exact) mass is 174 g/mol. The van der Waals surface area contributed by atoms with Crippen LogP contribution in [0, 0.1) is 46.3 Å². The molecule has 3 nitrogen and oxygen atoms in total. The van der Waals surface area contributed by atoms with E-state index in [1.165, 1.54) is 6.42 Å². The first kappa shape index (κ1) is 8.26. The lowest BCUT2D eigenvalue weighted by atomic mass is 9.91.